The maximum absolute atomic E-state index is 5.23. The molecule has 0 N–H and O–H groups in total. The van der Waals surface area contributed by atoms with Crippen LogP contribution in [0.3, 0.4) is 0 Å². The van der Waals surface area contributed by atoms with Crippen LogP contribution in [0.5, 0.6) is 0 Å². The van der Waals surface area contributed by atoms with Crippen molar-refractivity contribution >= 4 is 161 Å². The Balaban J connectivity index is 0.000000133. The predicted molar refractivity (Wildman–Crippen MR) is 429 cm³/mol. The van der Waals surface area contributed by atoms with Gasteiger partial charge >= 0.3 is 0 Å². The van der Waals surface area contributed by atoms with Crippen LogP contribution >= 0.6 is 22.7 Å². The van der Waals surface area contributed by atoms with Gasteiger partial charge in [0.05, 0.1) is 42.9 Å². The van der Waals surface area contributed by atoms with Crippen molar-refractivity contribution in [3.05, 3.63) is 328 Å². The fourth-order valence-corrected chi connectivity index (χ4v) is 18.3. The van der Waals surface area contributed by atoms with Crippen LogP contribution in [0.1, 0.15) is 0 Å². The quantitative estimate of drug-likeness (QED) is 0.158. The monoisotopic (exact) mass is 1330 g/mol. The Hall–Kier alpha value is -13.1. The van der Waals surface area contributed by atoms with E-state index >= 15 is 0 Å². The van der Waals surface area contributed by atoms with E-state index in [2.05, 4.69) is 316 Å². The van der Waals surface area contributed by atoms with Crippen LogP contribution in [-0.2, 0) is 0 Å². The third kappa shape index (κ3) is 9.06. The SMILES string of the molecule is c1ccc(-c2cccc(-c3nc(-c4ccc(-n5c6ccccc6c6c7ccccc7c7c8ccccc8sc7c65)cc4)nc4ncccc34)c2)cc1.c1ccc2c(-c3nc(-c4ccc(-n5c6ccccc6c6c7ccccc7c7c8ccccc8sc7c65)cc4)nc4ncccc34)cccc2c1. The van der Waals surface area contributed by atoms with E-state index in [-0.39, 0.29) is 0 Å². The van der Waals surface area contributed by atoms with E-state index in [4.69, 9.17) is 19.9 Å². The van der Waals surface area contributed by atoms with Gasteiger partial charge in [0, 0.05) is 109 Å². The molecular weight excluding hydrogens is 1280 g/mol. The van der Waals surface area contributed by atoms with Gasteiger partial charge in [-0.2, -0.15) is 0 Å². The Bertz CT molecular complexity index is 7190. The number of hydrogen-bond donors (Lipinski definition) is 0. The van der Waals surface area contributed by atoms with Gasteiger partial charge in [0.1, 0.15) is 0 Å². The van der Waals surface area contributed by atoms with Crippen LogP contribution in [0.25, 0.3) is 206 Å². The second kappa shape index (κ2) is 23.3. The molecule has 0 aliphatic heterocycles. The topological polar surface area (TPSA) is 87.2 Å². The van der Waals surface area contributed by atoms with Crippen molar-refractivity contribution in [1.29, 1.82) is 0 Å². The zero-order chi connectivity index (χ0) is 66.9. The van der Waals surface area contributed by atoms with Gasteiger partial charge in [0.25, 0.3) is 0 Å². The van der Waals surface area contributed by atoms with Crippen LogP contribution in [0, 0.1) is 0 Å². The molecule has 0 radical (unpaired) electrons. The number of para-hydroxylation sites is 2. The largest absolute Gasteiger partial charge is 0.308 e. The van der Waals surface area contributed by atoms with E-state index in [0.717, 1.165) is 66.7 Å². The molecule has 0 unspecified atom stereocenters. The van der Waals surface area contributed by atoms with Crippen LogP contribution in [0.4, 0.5) is 0 Å². The lowest BCUT2D eigenvalue weighted by atomic mass is 9.99. The molecule has 0 saturated carbocycles. The highest BCUT2D eigenvalue weighted by atomic mass is 32.1. The molecule has 8 heterocycles. The Morgan fingerprint density at radius 1 is 0.255 bits per heavy atom. The van der Waals surface area contributed by atoms with Crippen molar-refractivity contribution in [2.45, 2.75) is 0 Å². The Labute approximate surface area is 591 Å². The molecule has 0 aliphatic rings. The van der Waals surface area contributed by atoms with Crippen molar-refractivity contribution < 1.29 is 0 Å². The first-order valence-corrected chi connectivity index (χ1v) is 35.9. The molecule has 0 amide bonds. The van der Waals surface area contributed by atoms with E-state index in [1.54, 1.807) is 12.4 Å². The lowest BCUT2D eigenvalue weighted by Crippen LogP contribution is -1.98. The molecule has 0 spiro atoms. The van der Waals surface area contributed by atoms with Gasteiger partial charge in [0.15, 0.2) is 22.9 Å². The van der Waals surface area contributed by atoms with Crippen molar-refractivity contribution in [2.75, 3.05) is 0 Å². The molecule has 22 aromatic rings. The Morgan fingerprint density at radius 3 is 1.21 bits per heavy atom. The Kier molecular flexibility index (Phi) is 13.2. The zero-order valence-corrected chi connectivity index (χ0v) is 56.2. The molecule has 22 rings (SSSR count). The summed E-state index contributed by atoms with van der Waals surface area (Å²) in [5.41, 5.74) is 16.5. The molecule has 8 aromatic heterocycles. The van der Waals surface area contributed by atoms with Crippen molar-refractivity contribution in [1.82, 2.24) is 39.0 Å². The van der Waals surface area contributed by atoms with Gasteiger partial charge in [-0.1, -0.05) is 212 Å². The average molecular weight is 1340 g/mol. The number of fused-ring (bicyclic) bond motifs is 23. The summed E-state index contributed by atoms with van der Waals surface area (Å²) in [6.07, 6.45) is 3.60. The summed E-state index contributed by atoms with van der Waals surface area (Å²) in [6, 6.07) is 112. The summed E-state index contributed by atoms with van der Waals surface area (Å²) in [4.78, 5) is 29.7. The predicted octanol–water partition coefficient (Wildman–Crippen LogP) is 24.8. The summed E-state index contributed by atoms with van der Waals surface area (Å²) in [7, 11) is 0. The van der Waals surface area contributed by atoms with Gasteiger partial charge in [-0.05, 0) is 147 Å². The number of rotatable bonds is 7. The molecule has 0 bridgehead atoms. The van der Waals surface area contributed by atoms with Crippen LogP contribution in [-0.4, -0.2) is 39.0 Å². The summed E-state index contributed by atoms with van der Waals surface area (Å²) < 4.78 is 10.1. The second-order valence-electron chi connectivity index (χ2n) is 26.0. The molecule has 0 aliphatic carbocycles. The molecule has 8 nitrogen and oxygen atoms in total. The highest BCUT2D eigenvalue weighted by molar-refractivity contribution is 7.27. The third-order valence-corrected chi connectivity index (χ3v) is 22.7. The van der Waals surface area contributed by atoms with E-state index in [1.807, 2.05) is 40.9 Å². The number of thiophene rings is 2. The first-order chi connectivity index (χ1) is 50.6. The molecule has 0 atom stereocenters. The first kappa shape index (κ1) is 57.9. The zero-order valence-electron chi connectivity index (χ0n) is 54.6. The average Bonchev–Trinajstić information content (AvgIpc) is 1.54. The third-order valence-electron chi connectivity index (χ3n) is 20.3. The first-order valence-electron chi connectivity index (χ1n) is 34.2. The molecular formula is C92H54N8S2. The maximum atomic E-state index is 5.23. The van der Waals surface area contributed by atoms with Crippen LogP contribution in [0.15, 0.2) is 328 Å². The Morgan fingerprint density at radius 2 is 0.657 bits per heavy atom. The van der Waals surface area contributed by atoms with Crippen molar-refractivity contribution in [3.63, 3.8) is 0 Å². The fraction of sp³-hybridized carbons (Fsp3) is 0. The van der Waals surface area contributed by atoms with Crippen molar-refractivity contribution in [3.8, 4) is 67.8 Å². The van der Waals surface area contributed by atoms with Gasteiger partial charge in [-0.3, -0.25) is 0 Å². The van der Waals surface area contributed by atoms with Crippen LogP contribution in [0.2, 0.25) is 0 Å². The lowest BCUT2D eigenvalue weighted by molar-refractivity contribution is 1.17. The van der Waals surface area contributed by atoms with Gasteiger partial charge < -0.3 is 9.13 Å². The lowest BCUT2D eigenvalue weighted by Gasteiger charge is -2.12. The number of hydrogen-bond acceptors (Lipinski definition) is 8. The normalized spacial score (nSPS) is 11.9. The van der Waals surface area contributed by atoms with E-state index in [1.165, 1.54) is 116 Å². The van der Waals surface area contributed by atoms with Gasteiger partial charge in [-0.25, -0.2) is 29.9 Å². The highest BCUT2D eigenvalue weighted by Gasteiger charge is 2.25. The van der Waals surface area contributed by atoms with E-state index < -0.39 is 0 Å². The molecule has 10 heteroatoms. The standard InChI is InChI=1S/C47H28N4S.C45H26N4S/c1-2-12-29(13-3-1)31-14-10-15-32(28-31)43-38-20-11-27-48-47(38)50-46(49-43)30-23-25-33(26-24-30)51-39-21-8-6-18-36(39)41-34-16-4-5-17-35(34)42-37-19-7-9-22-40(37)52-45(42)44(41)51;1-2-13-30-27(11-1)12-9-18-33(30)41-36-19-10-26-46-45(36)48-44(47-41)28-22-24-29(25-23-28)49-37-20-7-5-16-34(37)39-31-14-3-4-15-32(31)40-35-17-6-8-21-38(35)50-43(40)42(39)49/h1-28H;1-26H. The highest BCUT2D eigenvalue weighted by Crippen LogP contribution is 2.50. The molecule has 0 fully saturated rings. The number of nitrogens with zero attached hydrogens (tertiary/aromatic N) is 8. The summed E-state index contributed by atoms with van der Waals surface area (Å²) in [5.74, 6) is 1.31. The smallest absolute Gasteiger partial charge is 0.163 e. The number of pyridine rings is 2. The van der Waals surface area contributed by atoms with Gasteiger partial charge in [-0.15, -0.1) is 22.7 Å². The fourth-order valence-electron chi connectivity index (χ4n) is 15.8. The molecule has 102 heavy (non-hydrogen) atoms. The molecule has 14 aromatic carbocycles. The number of benzene rings is 14. The minimum atomic E-state index is 0.651. The second-order valence-corrected chi connectivity index (χ2v) is 28.1. The molecule has 0 saturated heterocycles. The number of aromatic nitrogens is 8. The van der Waals surface area contributed by atoms with Crippen molar-refractivity contribution in [2.24, 2.45) is 0 Å². The summed E-state index contributed by atoms with van der Waals surface area (Å²) in [5, 5.41) is 19.7. The van der Waals surface area contributed by atoms with Crippen LogP contribution < -0.4 is 0 Å². The summed E-state index contributed by atoms with van der Waals surface area (Å²) >= 11 is 3.77. The minimum Gasteiger partial charge on any atom is -0.308 e. The van der Waals surface area contributed by atoms with E-state index in [9.17, 15) is 0 Å². The maximum Gasteiger partial charge on any atom is 0.163 e. The molecule has 474 valence electrons. The summed E-state index contributed by atoms with van der Waals surface area (Å²) in [6.45, 7) is 0. The van der Waals surface area contributed by atoms with Gasteiger partial charge in [0.2, 0.25) is 0 Å². The van der Waals surface area contributed by atoms with E-state index in [0.29, 0.717) is 22.9 Å². The minimum absolute atomic E-state index is 0.651.